The predicted octanol–water partition coefficient (Wildman–Crippen LogP) is 2.27. The Kier molecular flexibility index (Phi) is 6.85. The van der Waals surface area contributed by atoms with E-state index in [-0.39, 0.29) is 42.2 Å². The smallest absolute Gasteiger partial charge is 0.225 e. The number of nitrogens with zero attached hydrogens (tertiary/aromatic N) is 1. The first kappa shape index (κ1) is 19.7. The molecule has 4 atom stereocenters. The number of hydrogen-bond donors (Lipinski definition) is 2. The Morgan fingerprint density at radius 3 is 2.72 bits per heavy atom. The molecule has 2 amide bonds. The maximum absolute atomic E-state index is 12.6. The third-order valence-corrected chi connectivity index (χ3v) is 5.25. The number of piperidine rings is 1. The zero-order chi connectivity index (χ0) is 17.1. The highest BCUT2D eigenvalue weighted by Crippen LogP contribution is 2.28. The molecule has 2 fully saturated rings. The average Bonchev–Trinajstić information content (AvgIpc) is 2.97. The fourth-order valence-corrected chi connectivity index (χ4v) is 3.78. The van der Waals surface area contributed by atoms with Gasteiger partial charge in [-0.2, -0.15) is 0 Å². The number of carbonyl (C=O) groups excluding carboxylic acids is 2. The summed E-state index contributed by atoms with van der Waals surface area (Å²) in [4.78, 5) is 26.8. The summed E-state index contributed by atoms with van der Waals surface area (Å²) in [5, 5.41) is 6.54. The topological polar surface area (TPSA) is 61.4 Å². The molecule has 2 heterocycles. The number of amides is 2. The quantitative estimate of drug-likeness (QED) is 0.860. The molecule has 1 aromatic carbocycles. The molecule has 0 saturated carbocycles. The van der Waals surface area contributed by atoms with E-state index in [9.17, 15) is 9.59 Å². The van der Waals surface area contributed by atoms with Crippen molar-refractivity contribution < 1.29 is 9.59 Å². The van der Waals surface area contributed by atoms with E-state index in [0.29, 0.717) is 19.0 Å². The summed E-state index contributed by atoms with van der Waals surface area (Å²) in [5.74, 6) is -0.121. The lowest BCUT2D eigenvalue weighted by Crippen LogP contribution is -2.48. The van der Waals surface area contributed by atoms with Gasteiger partial charge in [-0.15, -0.1) is 12.4 Å². The lowest BCUT2D eigenvalue weighted by molar-refractivity contribution is -0.130. The minimum absolute atomic E-state index is 0. The molecule has 25 heavy (non-hydrogen) atoms. The van der Waals surface area contributed by atoms with E-state index in [1.165, 1.54) is 0 Å². The molecule has 0 radical (unpaired) electrons. The number of carbonyl (C=O) groups is 2. The molecule has 2 aliphatic heterocycles. The average molecular weight is 366 g/mol. The molecular weight excluding hydrogens is 338 g/mol. The normalized spacial score (nSPS) is 27.5. The Balaban J connectivity index is 0.00000225. The van der Waals surface area contributed by atoms with Crippen LogP contribution in [0.5, 0.6) is 0 Å². The van der Waals surface area contributed by atoms with Crippen LogP contribution in [0.3, 0.4) is 0 Å². The monoisotopic (exact) mass is 365 g/mol. The van der Waals surface area contributed by atoms with Crippen LogP contribution in [0, 0.1) is 5.92 Å². The highest BCUT2D eigenvalue weighted by Gasteiger charge is 2.37. The van der Waals surface area contributed by atoms with E-state index in [1.54, 1.807) is 0 Å². The Morgan fingerprint density at radius 2 is 2.04 bits per heavy atom. The molecular formula is C19H28ClN3O2. The second kappa shape index (κ2) is 8.68. The third-order valence-electron chi connectivity index (χ3n) is 5.25. The van der Waals surface area contributed by atoms with E-state index in [1.807, 2.05) is 42.2 Å². The van der Waals surface area contributed by atoms with E-state index in [4.69, 9.17) is 0 Å². The lowest BCUT2D eigenvalue weighted by Gasteiger charge is -2.29. The number of halogens is 1. The zero-order valence-electron chi connectivity index (χ0n) is 14.9. The van der Waals surface area contributed by atoms with Gasteiger partial charge < -0.3 is 15.5 Å². The summed E-state index contributed by atoms with van der Waals surface area (Å²) < 4.78 is 0. The van der Waals surface area contributed by atoms with Gasteiger partial charge in [0, 0.05) is 25.0 Å². The van der Waals surface area contributed by atoms with Gasteiger partial charge in [-0.1, -0.05) is 30.3 Å². The second-order valence-corrected chi connectivity index (χ2v) is 7.12. The van der Waals surface area contributed by atoms with Crippen molar-refractivity contribution in [3.8, 4) is 0 Å². The van der Waals surface area contributed by atoms with Crippen LogP contribution < -0.4 is 10.6 Å². The Labute approximate surface area is 155 Å². The molecule has 3 rings (SSSR count). The molecule has 5 nitrogen and oxygen atoms in total. The van der Waals surface area contributed by atoms with Gasteiger partial charge in [-0.05, 0) is 38.8 Å². The highest BCUT2D eigenvalue weighted by molar-refractivity contribution is 5.89. The van der Waals surface area contributed by atoms with Crippen molar-refractivity contribution in [1.29, 1.82) is 0 Å². The number of benzene rings is 1. The van der Waals surface area contributed by atoms with Crippen LogP contribution in [-0.2, 0) is 9.59 Å². The SMILES string of the molecule is CC1CC(NC(=O)C2CC(=O)N(C(C)c3ccccc3)C2)CCN1.Cl. The number of rotatable bonds is 4. The third kappa shape index (κ3) is 4.73. The van der Waals surface area contributed by atoms with Crippen molar-refractivity contribution in [3.63, 3.8) is 0 Å². The van der Waals surface area contributed by atoms with E-state index >= 15 is 0 Å². The van der Waals surface area contributed by atoms with Gasteiger partial charge in [-0.3, -0.25) is 9.59 Å². The fraction of sp³-hybridized carbons (Fsp3) is 0.579. The van der Waals surface area contributed by atoms with Gasteiger partial charge in [0.15, 0.2) is 0 Å². The molecule has 138 valence electrons. The highest BCUT2D eigenvalue weighted by atomic mass is 35.5. The first-order chi connectivity index (χ1) is 11.5. The van der Waals surface area contributed by atoms with Crippen LogP contribution in [0.2, 0.25) is 0 Å². The fourth-order valence-electron chi connectivity index (χ4n) is 3.78. The molecule has 2 saturated heterocycles. The van der Waals surface area contributed by atoms with E-state index in [0.717, 1.165) is 24.9 Å². The summed E-state index contributed by atoms with van der Waals surface area (Å²) in [5.41, 5.74) is 1.11. The van der Waals surface area contributed by atoms with Gasteiger partial charge in [0.1, 0.15) is 0 Å². The van der Waals surface area contributed by atoms with Crippen molar-refractivity contribution in [1.82, 2.24) is 15.5 Å². The summed E-state index contributed by atoms with van der Waals surface area (Å²) in [7, 11) is 0. The van der Waals surface area contributed by atoms with Crippen molar-refractivity contribution >= 4 is 24.2 Å². The maximum Gasteiger partial charge on any atom is 0.225 e. The molecule has 0 aromatic heterocycles. The molecule has 6 heteroatoms. The molecule has 0 bridgehead atoms. The number of hydrogen-bond acceptors (Lipinski definition) is 3. The first-order valence-electron chi connectivity index (χ1n) is 8.92. The van der Waals surface area contributed by atoms with Gasteiger partial charge in [-0.25, -0.2) is 0 Å². The van der Waals surface area contributed by atoms with Gasteiger partial charge in [0.2, 0.25) is 11.8 Å². The van der Waals surface area contributed by atoms with Gasteiger partial charge in [0.05, 0.1) is 12.0 Å². The second-order valence-electron chi connectivity index (χ2n) is 7.12. The summed E-state index contributed by atoms with van der Waals surface area (Å²) >= 11 is 0. The maximum atomic E-state index is 12.6. The Morgan fingerprint density at radius 1 is 1.32 bits per heavy atom. The summed E-state index contributed by atoms with van der Waals surface area (Å²) in [6.07, 6.45) is 2.24. The van der Waals surface area contributed by atoms with Crippen LogP contribution in [0.25, 0.3) is 0 Å². The van der Waals surface area contributed by atoms with Crippen LogP contribution >= 0.6 is 12.4 Å². The molecule has 2 N–H and O–H groups in total. The number of likely N-dealkylation sites (tertiary alicyclic amines) is 1. The van der Waals surface area contributed by atoms with Gasteiger partial charge >= 0.3 is 0 Å². The van der Waals surface area contributed by atoms with E-state index in [2.05, 4.69) is 17.6 Å². The molecule has 1 aromatic rings. The minimum atomic E-state index is -0.228. The lowest BCUT2D eigenvalue weighted by atomic mass is 9.99. The van der Waals surface area contributed by atoms with Crippen molar-refractivity contribution in [2.24, 2.45) is 5.92 Å². The summed E-state index contributed by atoms with van der Waals surface area (Å²) in [6, 6.07) is 10.7. The van der Waals surface area contributed by atoms with E-state index < -0.39 is 0 Å². The van der Waals surface area contributed by atoms with Gasteiger partial charge in [0.25, 0.3) is 0 Å². The molecule has 4 unspecified atom stereocenters. The molecule has 0 spiro atoms. The predicted molar refractivity (Wildman–Crippen MR) is 101 cm³/mol. The van der Waals surface area contributed by atoms with Crippen LogP contribution in [0.1, 0.15) is 44.7 Å². The van der Waals surface area contributed by atoms with Crippen molar-refractivity contribution in [2.45, 2.75) is 51.2 Å². The first-order valence-corrected chi connectivity index (χ1v) is 8.92. The van der Waals surface area contributed by atoms with Crippen molar-refractivity contribution in [2.75, 3.05) is 13.1 Å². The number of nitrogens with one attached hydrogen (secondary N) is 2. The Bertz CT molecular complexity index is 596. The van der Waals surface area contributed by atoms with Crippen LogP contribution in [0.4, 0.5) is 0 Å². The van der Waals surface area contributed by atoms with Crippen molar-refractivity contribution in [3.05, 3.63) is 35.9 Å². The standard InChI is InChI=1S/C19H27N3O2.ClH/c1-13-10-17(8-9-20-13)21-19(24)16-11-18(23)22(12-16)14(2)15-6-4-3-5-7-15;/h3-7,13-14,16-17,20H,8-12H2,1-2H3,(H,21,24);1H. The zero-order valence-corrected chi connectivity index (χ0v) is 15.7. The molecule has 0 aliphatic carbocycles. The minimum Gasteiger partial charge on any atom is -0.353 e. The summed E-state index contributed by atoms with van der Waals surface area (Å²) in [6.45, 7) is 5.62. The largest absolute Gasteiger partial charge is 0.353 e. The van der Waals surface area contributed by atoms with Crippen LogP contribution in [0.15, 0.2) is 30.3 Å². The molecule has 2 aliphatic rings. The van der Waals surface area contributed by atoms with Crippen LogP contribution in [-0.4, -0.2) is 41.9 Å². The Hall–Kier alpha value is -1.59.